The van der Waals surface area contributed by atoms with Crippen LogP contribution in [0.3, 0.4) is 0 Å². The second-order valence-corrected chi connectivity index (χ2v) is 15.6. The molecule has 3 rings (SSSR count). The number of hydrogen-bond acceptors (Lipinski definition) is 6. The molecule has 14 heteroatoms. The van der Waals surface area contributed by atoms with Gasteiger partial charge in [0.2, 0.25) is 0 Å². The minimum Gasteiger partial charge on any atom is -0.301 e. The molecule has 2 heterocycles. The normalized spacial score (nSPS) is 35.0. The molecule has 0 amide bonds. The number of rotatable bonds is 2. The van der Waals surface area contributed by atoms with Crippen molar-refractivity contribution in [1.29, 1.82) is 0 Å². The predicted octanol–water partition coefficient (Wildman–Crippen LogP) is 7.36. The molecule has 1 saturated heterocycles. The second-order valence-electron chi connectivity index (χ2n) is 4.89. The van der Waals surface area contributed by atoms with Crippen molar-refractivity contribution in [1.82, 2.24) is 0 Å². The van der Waals surface area contributed by atoms with Crippen molar-refractivity contribution in [2.45, 2.75) is 6.16 Å². The van der Waals surface area contributed by atoms with Crippen LogP contribution in [-0.2, 0) is 27.0 Å². The number of halogens is 4. The van der Waals surface area contributed by atoms with Gasteiger partial charge < -0.3 is 9.05 Å². The quantitative estimate of drug-likeness (QED) is 0.368. The summed E-state index contributed by atoms with van der Waals surface area (Å²) >= 11 is 5.52. The summed E-state index contributed by atoms with van der Waals surface area (Å²) in [5, 5.41) is 0. The average molecular weight is 425 g/mol. The van der Waals surface area contributed by atoms with Crippen LogP contribution in [0.4, 0.5) is 16.8 Å². The van der Waals surface area contributed by atoms with Crippen molar-refractivity contribution in [2.75, 3.05) is 12.7 Å². The highest BCUT2D eigenvalue weighted by molar-refractivity contribution is 8.14. The molecule has 2 aliphatic rings. The summed E-state index contributed by atoms with van der Waals surface area (Å²) in [6, 6.07) is 7.09. The Balaban J connectivity index is 1.84. The van der Waals surface area contributed by atoms with Crippen molar-refractivity contribution in [3.63, 3.8) is 0 Å². The molecule has 23 heavy (non-hydrogen) atoms. The molecule has 128 valence electrons. The Hall–Kier alpha value is 0.200. The molecule has 0 radical (unpaired) electrons. The van der Waals surface area contributed by atoms with Crippen LogP contribution >= 0.6 is 29.3 Å². The third kappa shape index (κ3) is 4.43. The molecule has 0 aromatic heterocycles. The largest absolute Gasteiger partial charge is 0.425 e. The van der Waals surface area contributed by atoms with Crippen molar-refractivity contribution in [2.24, 2.45) is 13.5 Å². The van der Waals surface area contributed by atoms with Gasteiger partial charge >= 0.3 is 23.3 Å². The van der Waals surface area contributed by atoms with Crippen LogP contribution in [0.2, 0.25) is 0 Å². The van der Waals surface area contributed by atoms with Gasteiger partial charge in [-0.1, -0.05) is 42.1 Å². The van der Waals surface area contributed by atoms with E-state index >= 15 is 0 Å². The Labute approximate surface area is 135 Å². The lowest BCUT2D eigenvalue weighted by atomic mass is 10.2. The van der Waals surface area contributed by atoms with E-state index in [0.717, 1.165) is 5.56 Å². The highest BCUT2D eigenvalue weighted by Gasteiger charge is 2.44. The summed E-state index contributed by atoms with van der Waals surface area (Å²) in [7, 11) is -14.9. The van der Waals surface area contributed by atoms with E-state index in [1.54, 1.807) is 0 Å². The minimum absolute atomic E-state index is 0.0992. The van der Waals surface area contributed by atoms with Gasteiger partial charge in [0, 0.05) is 12.2 Å². The first kappa shape index (κ1) is 18.0. The summed E-state index contributed by atoms with van der Waals surface area (Å²) in [6.07, 6.45) is 0.292. The molecule has 1 spiro atoms. The maximum Gasteiger partial charge on any atom is 0.425 e. The molecular formula is C9H11F4N3O2P4S. The van der Waals surface area contributed by atoms with Gasteiger partial charge in [-0.25, -0.2) is 0 Å². The lowest BCUT2D eigenvalue weighted by Crippen LogP contribution is -2.10. The molecule has 0 N–H and O–H groups in total. The fraction of sp³-hybridized carbons (Fsp3) is 0.333. The van der Waals surface area contributed by atoms with Crippen molar-refractivity contribution < 1.29 is 25.8 Å². The van der Waals surface area contributed by atoms with Crippen molar-refractivity contribution in [3.8, 4) is 0 Å². The molecule has 1 aromatic carbocycles. The number of benzene rings is 1. The van der Waals surface area contributed by atoms with Crippen molar-refractivity contribution in [3.05, 3.63) is 35.9 Å². The lowest BCUT2D eigenvalue weighted by Gasteiger charge is -2.33. The average Bonchev–Trinajstić information content (AvgIpc) is 2.41. The first-order valence-electron chi connectivity index (χ1n) is 6.21. The molecule has 0 unspecified atom stereocenters. The SMILES string of the molecule is FP1(F)=NP(F)(F)=NP2(=N1)OCP(=S)(Cc1ccccc1)CO2. The standard InChI is InChI=1S/C9H11F4N3O2P4S/c10-20(11)14-21(12,13)16-22(15-20)17-7-19(23,8-18-22)6-9-4-2-1-3-5-9/h1-5H,6-8H2. The van der Waals surface area contributed by atoms with E-state index in [2.05, 4.69) is 13.5 Å². The summed E-state index contributed by atoms with van der Waals surface area (Å²) < 4.78 is 72.1. The minimum atomic E-state index is -5.47. The van der Waals surface area contributed by atoms with E-state index in [1.807, 2.05) is 30.3 Å². The van der Waals surface area contributed by atoms with Gasteiger partial charge in [0.15, 0.2) is 0 Å². The van der Waals surface area contributed by atoms with Crippen LogP contribution in [0.25, 0.3) is 0 Å². The Kier molecular flexibility index (Phi) is 4.83. The summed E-state index contributed by atoms with van der Waals surface area (Å²) in [5.41, 5.74) is 0.959. The number of nitrogens with zero attached hydrogens (tertiary/aromatic N) is 3. The van der Waals surface area contributed by atoms with Gasteiger partial charge in [-0.2, -0.15) is 0 Å². The fourth-order valence-electron chi connectivity index (χ4n) is 2.00. The van der Waals surface area contributed by atoms with Crippen LogP contribution in [0.1, 0.15) is 5.56 Å². The molecule has 0 aliphatic carbocycles. The van der Waals surface area contributed by atoms with E-state index < -0.39 is 29.3 Å². The Morgan fingerprint density at radius 1 is 0.913 bits per heavy atom. The van der Waals surface area contributed by atoms with Gasteiger partial charge in [0.05, 0.1) is 12.7 Å². The molecule has 0 atom stereocenters. The van der Waals surface area contributed by atoms with Crippen LogP contribution < -0.4 is 0 Å². The van der Waals surface area contributed by atoms with Crippen LogP contribution in [0.15, 0.2) is 43.9 Å². The third-order valence-electron chi connectivity index (χ3n) is 2.89. The highest BCUT2D eigenvalue weighted by Crippen LogP contribution is 2.83. The summed E-state index contributed by atoms with van der Waals surface area (Å²) in [4.78, 5) is 0. The summed E-state index contributed by atoms with van der Waals surface area (Å²) in [5.74, 6) is 0. The van der Waals surface area contributed by atoms with E-state index in [9.17, 15) is 16.8 Å². The maximum atomic E-state index is 13.4. The molecule has 1 aromatic rings. The van der Waals surface area contributed by atoms with E-state index in [1.165, 1.54) is 0 Å². The zero-order chi connectivity index (χ0) is 16.8. The lowest BCUT2D eigenvalue weighted by molar-refractivity contribution is 0.279. The predicted molar refractivity (Wildman–Crippen MR) is 88.8 cm³/mol. The first-order chi connectivity index (χ1) is 10.6. The van der Waals surface area contributed by atoms with Crippen molar-refractivity contribution >= 4 is 41.2 Å². The van der Waals surface area contributed by atoms with Gasteiger partial charge in [-0.3, -0.25) is 0 Å². The highest BCUT2D eigenvalue weighted by atomic mass is 32.4. The Morgan fingerprint density at radius 3 is 2.04 bits per heavy atom. The molecule has 0 bridgehead atoms. The molecular weight excluding hydrogens is 414 g/mol. The zero-order valence-corrected chi connectivity index (χ0v) is 15.8. The monoisotopic (exact) mass is 425 g/mol. The fourth-order valence-corrected chi connectivity index (χ4v) is 12.8. The smallest absolute Gasteiger partial charge is 0.301 e. The molecule has 5 nitrogen and oxygen atoms in total. The number of hydrogen-bond donors (Lipinski definition) is 0. The summed E-state index contributed by atoms with van der Waals surface area (Å²) in [6.45, 7) is 0. The molecule has 0 saturated carbocycles. The van der Waals surface area contributed by atoms with Gasteiger partial charge in [0.25, 0.3) is 0 Å². The third-order valence-corrected chi connectivity index (χ3v) is 12.6. The van der Waals surface area contributed by atoms with E-state index in [4.69, 9.17) is 20.9 Å². The Bertz CT molecular complexity index is 813. The zero-order valence-electron chi connectivity index (χ0n) is 11.4. The molecule has 1 fully saturated rings. The van der Waals surface area contributed by atoms with Gasteiger partial charge in [-0.05, 0) is 5.56 Å². The van der Waals surface area contributed by atoms with Crippen LogP contribution in [0, 0.1) is 0 Å². The maximum absolute atomic E-state index is 13.4. The Morgan fingerprint density at radius 2 is 1.48 bits per heavy atom. The van der Waals surface area contributed by atoms with Gasteiger partial charge in [0.1, 0.15) is 0 Å². The first-order valence-corrected chi connectivity index (χ1v) is 14.1. The van der Waals surface area contributed by atoms with Crippen LogP contribution in [-0.4, -0.2) is 12.7 Å². The van der Waals surface area contributed by atoms with E-state index in [0.29, 0.717) is 6.16 Å². The van der Waals surface area contributed by atoms with Crippen LogP contribution in [0.5, 0.6) is 0 Å². The van der Waals surface area contributed by atoms with Gasteiger partial charge in [-0.15, -0.1) is 30.3 Å². The molecule has 2 aliphatic heterocycles. The second kappa shape index (κ2) is 6.17. The topological polar surface area (TPSA) is 55.5 Å². The van der Waals surface area contributed by atoms with E-state index in [-0.39, 0.29) is 12.7 Å².